The van der Waals surface area contributed by atoms with Gasteiger partial charge in [-0.05, 0) is 30.9 Å². The first kappa shape index (κ1) is 15.5. The molecular weight excluding hydrogens is 240 g/mol. The highest BCUT2D eigenvalue weighted by Crippen LogP contribution is 2.19. The standard InChI is InChI=1S/C15H24N2O2/c1-11(2)9-17-15(18)10-19-14-7-5-4-6-13(14)8-12(3)16/h4-7,11-12H,8-10,16H2,1-3H3,(H,17,18). The third-order valence-electron chi connectivity index (χ3n) is 2.58. The lowest BCUT2D eigenvalue weighted by Gasteiger charge is -2.13. The van der Waals surface area contributed by atoms with Crippen LogP contribution in [0.4, 0.5) is 0 Å². The number of rotatable bonds is 7. The van der Waals surface area contributed by atoms with E-state index in [1.54, 1.807) is 0 Å². The fraction of sp³-hybridized carbons (Fsp3) is 0.533. The Hall–Kier alpha value is -1.55. The summed E-state index contributed by atoms with van der Waals surface area (Å²) < 4.78 is 5.56. The number of para-hydroxylation sites is 1. The lowest BCUT2D eigenvalue weighted by molar-refractivity contribution is -0.123. The van der Waals surface area contributed by atoms with Crippen LogP contribution in [0.1, 0.15) is 26.3 Å². The van der Waals surface area contributed by atoms with E-state index in [1.165, 1.54) is 0 Å². The number of carbonyl (C=O) groups is 1. The van der Waals surface area contributed by atoms with Crippen LogP contribution in [0.5, 0.6) is 5.75 Å². The van der Waals surface area contributed by atoms with E-state index in [9.17, 15) is 4.79 Å². The van der Waals surface area contributed by atoms with Crippen molar-refractivity contribution in [3.8, 4) is 5.75 Å². The van der Waals surface area contributed by atoms with E-state index in [0.717, 1.165) is 17.7 Å². The minimum absolute atomic E-state index is 0.0443. The van der Waals surface area contributed by atoms with Gasteiger partial charge in [-0.15, -0.1) is 0 Å². The van der Waals surface area contributed by atoms with Gasteiger partial charge in [-0.3, -0.25) is 4.79 Å². The Kier molecular flexibility index (Phi) is 6.36. The molecule has 4 nitrogen and oxygen atoms in total. The van der Waals surface area contributed by atoms with Gasteiger partial charge < -0.3 is 15.8 Å². The van der Waals surface area contributed by atoms with Crippen molar-refractivity contribution >= 4 is 5.91 Å². The zero-order valence-electron chi connectivity index (χ0n) is 12.0. The van der Waals surface area contributed by atoms with E-state index in [0.29, 0.717) is 12.5 Å². The van der Waals surface area contributed by atoms with Gasteiger partial charge in [0.1, 0.15) is 5.75 Å². The summed E-state index contributed by atoms with van der Waals surface area (Å²) >= 11 is 0. The molecule has 0 heterocycles. The average molecular weight is 264 g/mol. The van der Waals surface area contributed by atoms with E-state index in [-0.39, 0.29) is 18.6 Å². The summed E-state index contributed by atoms with van der Waals surface area (Å²) in [5.41, 5.74) is 6.83. The van der Waals surface area contributed by atoms with Crippen LogP contribution in [0, 0.1) is 5.92 Å². The van der Waals surface area contributed by atoms with Crippen LogP contribution >= 0.6 is 0 Å². The first-order valence-corrected chi connectivity index (χ1v) is 6.72. The monoisotopic (exact) mass is 264 g/mol. The molecule has 1 rings (SSSR count). The third-order valence-corrected chi connectivity index (χ3v) is 2.58. The Labute approximate surface area is 115 Å². The normalized spacial score (nSPS) is 12.3. The van der Waals surface area contributed by atoms with Gasteiger partial charge in [0.2, 0.25) is 0 Å². The van der Waals surface area contributed by atoms with Crippen molar-refractivity contribution in [3.05, 3.63) is 29.8 Å². The maximum absolute atomic E-state index is 11.6. The predicted molar refractivity (Wildman–Crippen MR) is 77.1 cm³/mol. The Morgan fingerprint density at radius 3 is 2.63 bits per heavy atom. The smallest absolute Gasteiger partial charge is 0.257 e. The molecular formula is C15H24N2O2. The lowest BCUT2D eigenvalue weighted by Crippen LogP contribution is -2.32. The molecule has 1 aromatic carbocycles. The predicted octanol–water partition coefficient (Wildman–Crippen LogP) is 1.73. The van der Waals surface area contributed by atoms with Crippen molar-refractivity contribution in [3.63, 3.8) is 0 Å². The van der Waals surface area contributed by atoms with Crippen LogP contribution in [0.25, 0.3) is 0 Å². The topological polar surface area (TPSA) is 64.3 Å². The fourth-order valence-corrected chi connectivity index (χ4v) is 1.67. The summed E-state index contributed by atoms with van der Waals surface area (Å²) in [6.45, 7) is 6.77. The SMILES string of the molecule is CC(C)CNC(=O)COc1ccccc1CC(C)N. The summed E-state index contributed by atoms with van der Waals surface area (Å²) in [7, 11) is 0. The summed E-state index contributed by atoms with van der Waals surface area (Å²) in [6, 6.07) is 7.76. The molecule has 0 saturated carbocycles. The number of nitrogens with one attached hydrogen (secondary N) is 1. The summed E-state index contributed by atoms with van der Waals surface area (Å²) in [6.07, 6.45) is 0.740. The number of ether oxygens (including phenoxy) is 1. The van der Waals surface area contributed by atoms with Gasteiger partial charge in [-0.25, -0.2) is 0 Å². The van der Waals surface area contributed by atoms with Crippen LogP contribution in [-0.2, 0) is 11.2 Å². The molecule has 0 aromatic heterocycles. The van der Waals surface area contributed by atoms with Gasteiger partial charge in [0.05, 0.1) is 0 Å². The molecule has 0 bridgehead atoms. The van der Waals surface area contributed by atoms with Crippen molar-refractivity contribution in [1.82, 2.24) is 5.32 Å². The molecule has 3 N–H and O–H groups in total. The van der Waals surface area contributed by atoms with E-state index in [1.807, 2.05) is 31.2 Å². The van der Waals surface area contributed by atoms with Crippen LogP contribution in [0.3, 0.4) is 0 Å². The molecule has 1 atom stereocenters. The molecule has 0 radical (unpaired) electrons. The molecule has 0 aliphatic carbocycles. The molecule has 1 unspecified atom stereocenters. The van der Waals surface area contributed by atoms with E-state index in [2.05, 4.69) is 19.2 Å². The van der Waals surface area contributed by atoms with Gasteiger partial charge in [-0.2, -0.15) is 0 Å². The second kappa shape index (κ2) is 7.79. The van der Waals surface area contributed by atoms with Crippen molar-refractivity contribution in [2.24, 2.45) is 11.7 Å². The second-order valence-corrected chi connectivity index (χ2v) is 5.28. The number of amides is 1. The maximum atomic E-state index is 11.6. The summed E-state index contributed by atoms with van der Waals surface area (Å²) in [4.78, 5) is 11.6. The number of nitrogens with two attached hydrogens (primary N) is 1. The van der Waals surface area contributed by atoms with Crippen LogP contribution in [0.15, 0.2) is 24.3 Å². The van der Waals surface area contributed by atoms with Crippen LogP contribution < -0.4 is 15.8 Å². The van der Waals surface area contributed by atoms with Gasteiger partial charge in [0.25, 0.3) is 5.91 Å². The molecule has 1 aromatic rings. The molecule has 19 heavy (non-hydrogen) atoms. The lowest BCUT2D eigenvalue weighted by atomic mass is 10.1. The minimum Gasteiger partial charge on any atom is -0.483 e. The van der Waals surface area contributed by atoms with Crippen molar-refractivity contribution in [2.45, 2.75) is 33.2 Å². The van der Waals surface area contributed by atoms with Crippen molar-refractivity contribution in [1.29, 1.82) is 0 Å². The molecule has 0 fully saturated rings. The first-order valence-electron chi connectivity index (χ1n) is 6.72. The zero-order valence-corrected chi connectivity index (χ0v) is 12.0. The van der Waals surface area contributed by atoms with Crippen molar-refractivity contribution < 1.29 is 9.53 Å². The number of carbonyl (C=O) groups excluding carboxylic acids is 1. The fourth-order valence-electron chi connectivity index (χ4n) is 1.67. The molecule has 0 saturated heterocycles. The largest absolute Gasteiger partial charge is 0.483 e. The van der Waals surface area contributed by atoms with E-state index in [4.69, 9.17) is 10.5 Å². The average Bonchev–Trinajstić information content (AvgIpc) is 2.34. The number of hydrogen-bond donors (Lipinski definition) is 2. The third kappa shape index (κ3) is 6.25. The number of hydrogen-bond acceptors (Lipinski definition) is 3. The summed E-state index contributed by atoms with van der Waals surface area (Å²) in [5, 5.41) is 2.82. The quantitative estimate of drug-likeness (QED) is 0.788. The molecule has 4 heteroatoms. The molecule has 106 valence electrons. The van der Waals surface area contributed by atoms with Gasteiger partial charge >= 0.3 is 0 Å². The molecule has 1 amide bonds. The second-order valence-electron chi connectivity index (χ2n) is 5.28. The number of benzene rings is 1. The van der Waals surface area contributed by atoms with Gasteiger partial charge in [-0.1, -0.05) is 32.0 Å². The Bertz CT molecular complexity index is 403. The molecule has 0 aliphatic heterocycles. The van der Waals surface area contributed by atoms with Crippen LogP contribution in [-0.4, -0.2) is 25.1 Å². The maximum Gasteiger partial charge on any atom is 0.257 e. The van der Waals surface area contributed by atoms with Gasteiger partial charge in [0.15, 0.2) is 6.61 Å². The highest BCUT2D eigenvalue weighted by Gasteiger charge is 2.08. The highest BCUT2D eigenvalue weighted by atomic mass is 16.5. The molecule has 0 aliphatic rings. The van der Waals surface area contributed by atoms with Crippen molar-refractivity contribution in [2.75, 3.05) is 13.2 Å². The highest BCUT2D eigenvalue weighted by molar-refractivity contribution is 5.77. The van der Waals surface area contributed by atoms with E-state index < -0.39 is 0 Å². The Morgan fingerprint density at radius 1 is 1.32 bits per heavy atom. The van der Waals surface area contributed by atoms with Gasteiger partial charge in [0, 0.05) is 12.6 Å². The Morgan fingerprint density at radius 2 is 2.00 bits per heavy atom. The first-order chi connectivity index (χ1) is 8.99. The minimum atomic E-state index is -0.0932. The summed E-state index contributed by atoms with van der Waals surface area (Å²) in [5.74, 6) is 1.08. The van der Waals surface area contributed by atoms with E-state index >= 15 is 0 Å². The Balaban J connectivity index is 2.50. The zero-order chi connectivity index (χ0) is 14.3. The van der Waals surface area contributed by atoms with Crippen LogP contribution in [0.2, 0.25) is 0 Å². The molecule has 0 spiro atoms.